The Morgan fingerprint density at radius 3 is 2.45 bits per heavy atom. The van der Waals surface area contributed by atoms with E-state index < -0.39 is 0 Å². The molecule has 0 bridgehead atoms. The zero-order chi connectivity index (χ0) is 14.0. The Kier molecular flexibility index (Phi) is 6.29. The van der Waals surface area contributed by atoms with Gasteiger partial charge < -0.3 is 10.6 Å². The molecule has 118 valence electrons. The number of rotatable bonds is 3. The number of nitrogens with zero attached hydrogens (tertiary/aromatic N) is 2. The van der Waals surface area contributed by atoms with Crippen LogP contribution >= 0.6 is 12.4 Å². The third-order valence-electron chi connectivity index (χ3n) is 5.08. The minimum Gasteiger partial charge on any atom is -0.341 e. The third kappa shape index (κ3) is 3.86. The van der Waals surface area contributed by atoms with Crippen molar-refractivity contribution in [3.05, 3.63) is 0 Å². The highest BCUT2D eigenvalue weighted by Crippen LogP contribution is 2.30. The van der Waals surface area contributed by atoms with Crippen LogP contribution < -0.4 is 5.73 Å². The van der Waals surface area contributed by atoms with Crippen molar-refractivity contribution < 1.29 is 4.79 Å². The van der Waals surface area contributed by atoms with Crippen LogP contribution in [-0.4, -0.2) is 54.5 Å². The summed E-state index contributed by atoms with van der Waals surface area (Å²) in [4.78, 5) is 16.9. The van der Waals surface area contributed by atoms with Crippen LogP contribution in [0.3, 0.4) is 0 Å². The molecule has 5 heteroatoms. The first-order valence-electron chi connectivity index (χ1n) is 7.68. The van der Waals surface area contributed by atoms with Crippen molar-refractivity contribution in [2.75, 3.05) is 32.7 Å². The summed E-state index contributed by atoms with van der Waals surface area (Å²) < 4.78 is 0. The maximum absolute atomic E-state index is 12.5. The number of likely N-dealkylation sites (tertiary alicyclic amines) is 2. The normalized spacial score (nSPS) is 30.1. The molecule has 2 aliphatic heterocycles. The van der Waals surface area contributed by atoms with Crippen molar-refractivity contribution >= 4 is 18.3 Å². The quantitative estimate of drug-likeness (QED) is 0.864. The van der Waals surface area contributed by atoms with Gasteiger partial charge in [0, 0.05) is 19.6 Å². The smallest absolute Gasteiger partial charge is 0.239 e. The second-order valence-corrected chi connectivity index (χ2v) is 6.92. The van der Waals surface area contributed by atoms with Crippen LogP contribution in [0, 0.1) is 11.3 Å². The van der Waals surface area contributed by atoms with Crippen molar-refractivity contribution in [1.29, 1.82) is 0 Å². The molecule has 2 unspecified atom stereocenters. The van der Waals surface area contributed by atoms with E-state index in [4.69, 9.17) is 5.73 Å². The summed E-state index contributed by atoms with van der Waals surface area (Å²) in [7, 11) is 0. The van der Waals surface area contributed by atoms with Crippen molar-refractivity contribution in [2.24, 2.45) is 17.1 Å². The molecule has 0 spiro atoms. The highest BCUT2D eigenvalue weighted by Gasteiger charge is 2.37. The molecule has 2 saturated heterocycles. The van der Waals surface area contributed by atoms with Gasteiger partial charge in [0.1, 0.15) is 0 Å². The maximum Gasteiger partial charge on any atom is 0.239 e. The van der Waals surface area contributed by atoms with Gasteiger partial charge in [-0.3, -0.25) is 9.69 Å². The Labute approximate surface area is 129 Å². The first kappa shape index (κ1) is 17.7. The summed E-state index contributed by atoms with van der Waals surface area (Å²) in [5, 5.41) is 0. The van der Waals surface area contributed by atoms with E-state index in [9.17, 15) is 4.79 Å². The topological polar surface area (TPSA) is 49.6 Å². The van der Waals surface area contributed by atoms with Gasteiger partial charge in [0.25, 0.3) is 0 Å². The molecule has 2 rings (SSSR count). The average molecular weight is 304 g/mol. The summed E-state index contributed by atoms with van der Waals surface area (Å²) >= 11 is 0. The van der Waals surface area contributed by atoms with E-state index in [0.717, 1.165) is 51.4 Å². The molecule has 2 heterocycles. The maximum atomic E-state index is 12.5. The monoisotopic (exact) mass is 303 g/mol. The van der Waals surface area contributed by atoms with Gasteiger partial charge in [-0.15, -0.1) is 12.4 Å². The Bertz CT molecular complexity index is 331. The number of carbonyl (C=O) groups is 1. The van der Waals surface area contributed by atoms with E-state index in [1.54, 1.807) is 0 Å². The number of nitrogens with two attached hydrogens (primary N) is 1. The van der Waals surface area contributed by atoms with Crippen molar-refractivity contribution in [2.45, 2.75) is 46.1 Å². The summed E-state index contributed by atoms with van der Waals surface area (Å²) in [5.74, 6) is 1.08. The molecular formula is C15H30ClN3O. The van der Waals surface area contributed by atoms with Gasteiger partial charge >= 0.3 is 0 Å². The number of piperidine rings is 1. The first-order chi connectivity index (χ1) is 8.95. The van der Waals surface area contributed by atoms with Gasteiger partial charge in [0.15, 0.2) is 0 Å². The lowest BCUT2D eigenvalue weighted by Gasteiger charge is -2.35. The zero-order valence-electron chi connectivity index (χ0n) is 13.1. The molecule has 0 aromatic rings. The molecule has 2 fully saturated rings. The lowest BCUT2D eigenvalue weighted by Crippen LogP contribution is -2.49. The summed E-state index contributed by atoms with van der Waals surface area (Å²) in [6, 6.07) is 0.0155. The Morgan fingerprint density at radius 2 is 1.95 bits per heavy atom. The second-order valence-electron chi connectivity index (χ2n) is 6.92. The standard InChI is InChI=1S/C15H29N3O.ClH/c1-12-4-7-17(8-5-12)14(19)13(2)18-9-6-15(3,10-16)11-18;/h12-13H,4-11,16H2,1-3H3;1H. The SMILES string of the molecule is CC1CCN(C(=O)C(C)N2CCC(C)(CN)C2)CC1.Cl. The number of amides is 1. The molecule has 0 aliphatic carbocycles. The molecule has 1 amide bonds. The van der Waals surface area contributed by atoms with Crippen molar-refractivity contribution in [3.8, 4) is 0 Å². The number of halogens is 1. The van der Waals surface area contributed by atoms with Gasteiger partial charge in [-0.2, -0.15) is 0 Å². The first-order valence-corrected chi connectivity index (χ1v) is 7.68. The minimum absolute atomic E-state index is 0. The van der Waals surface area contributed by atoms with E-state index in [0.29, 0.717) is 12.5 Å². The Balaban J connectivity index is 0.00000200. The van der Waals surface area contributed by atoms with Crippen LogP contribution in [0.5, 0.6) is 0 Å². The van der Waals surface area contributed by atoms with Crippen LogP contribution in [0.1, 0.15) is 40.0 Å². The van der Waals surface area contributed by atoms with Gasteiger partial charge in [-0.1, -0.05) is 13.8 Å². The Morgan fingerprint density at radius 1 is 1.35 bits per heavy atom. The van der Waals surface area contributed by atoms with Gasteiger partial charge in [-0.25, -0.2) is 0 Å². The van der Waals surface area contributed by atoms with Crippen LogP contribution in [0.15, 0.2) is 0 Å². The van der Waals surface area contributed by atoms with E-state index in [2.05, 4.69) is 30.6 Å². The molecule has 2 atom stereocenters. The summed E-state index contributed by atoms with van der Waals surface area (Å²) in [5.41, 5.74) is 6.04. The molecular weight excluding hydrogens is 274 g/mol. The van der Waals surface area contributed by atoms with Crippen LogP contribution in [0.2, 0.25) is 0 Å². The molecule has 0 aromatic heterocycles. The Hall–Kier alpha value is -0.320. The van der Waals surface area contributed by atoms with E-state index >= 15 is 0 Å². The largest absolute Gasteiger partial charge is 0.341 e. The molecule has 20 heavy (non-hydrogen) atoms. The molecule has 0 aromatic carbocycles. The number of hydrogen-bond acceptors (Lipinski definition) is 3. The van der Waals surface area contributed by atoms with Gasteiger partial charge in [0.2, 0.25) is 5.91 Å². The van der Waals surface area contributed by atoms with E-state index in [1.165, 1.54) is 0 Å². The van der Waals surface area contributed by atoms with Crippen LogP contribution in [-0.2, 0) is 4.79 Å². The number of carbonyl (C=O) groups excluding carboxylic acids is 1. The van der Waals surface area contributed by atoms with Crippen LogP contribution in [0.25, 0.3) is 0 Å². The minimum atomic E-state index is 0. The zero-order valence-corrected chi connectivity index (χ0v) is 13.9. The molecule has 0 radical (unpaired) electrons. The van der Waals surface area contributed by atoms with Crippen molar-refractivity contribution in [3.63, 3.8) is 0 Å². The second kappa shape index (κ2) is 7.10. The third-order valence-corrected chi connectivity index (χ3v) is 5.08. The predicted molar refractivity (Wildman–Crippen MR) is 85.0 cm³/mol. The lowest BCUT2D eigenvalue weighted by molar-refractivity contribution is -0.137. The molecule has 2 N–H and O–H groups in total. The summed E-state index contributed by atoms with van der Waals surface area (Å²) in [6.07, 6.45) is 3.41. The fourth-order valence-corrected chi connectivity index (χ4v) is 3.21. The highest BCUT2D eigenvalue weighted by atomic mass is 35.5. The van der Waals surface area contributed by atoms with Gasteiger partial charge in [-0.05, 0) is 50.6 Å². The number of hydrogen-bond donors (Lipinski definition) is 1. The van der Waals surface area contributed by atoms with Crippen molar-refractivity contribution in [1.82, 2.24) is 9.80 Å². The lowest BCUT2D eigenvalue weighted by atomic mass is 9.90. The fraction of sp³-hybridized carbons (Fsp3) is 0.933. The molecule has 2 aliphatic rings. The van der Waals surface area contributed by atoms with Gasteiger partial charge in [0.05, 0.1) is 6.04 Å². The summed E-state index contributed by atoms with van der Waals surface area (Å²) in [6.45, 7) is 11.1. The van der Waals surface area contributed by atoms with Crippen LogP contribution in [0.4, 0.5) is 0 Å². The van der Waals surface area contributed by atoms with E-state index in [1.807, 2.05) is 0 Å². The molecule has 4 nitrogen and oxygen atoms in total. The highest BCUT2D eigenvalue weighted by molar-refractivity contribution is 5.85. The average Bonchev–Trinajstić information content (AvgIpc) is 2.81. The molecule has 0 saturated carbocycles. The fourth-order valence-electron chi connectivity index (χ4n) is 3.21. The van der Waals surface area contributed by atoms with E-state index in [-0.39, 0.29) is 23.9 Å². The predicted octanol–water partition coefficient (Wildman–Crippen LogP) is 1.73.